The molecule has 0 saturated heterocycles. The number of benzene rings is 1. The highest BCUT2D eigenvalue weighted by Crippen LogP contribution is 2.32. The van der Waals surface area contributed by atoms with Gasteiger partial charge in [0.15, 0.2) is 0 Å². The number of anilines is 1. The highest BCUT2D eigenvalue weighted by atomic mass is 32.2. The monoisotopic (exact) mass is 278 g/mol. The fourth-order valence-corrected chi connectivity index (χ4v) is 3.25. The summed E-state index contributed by atoms with van der Waals surface area (Å²) in [7, 11) is 1.92. The summed E-state index contributed by atoms with van der Waals surface area (Å²) in [5.41, 5.74) is 2.25. The van der Waals surface area contributed by atoms with Gasteiger partial charge in [0, 0.05) is 31.1 Å². The maximum Gasteiger partial charge on any atom is 0.230 e. The summed E-state index contributed by atoms with van der Waals surface area (Å²) in [6.45, 7) is 2.99. The molecule has 4 heteroatoms. The first-order valence-corrected chi connectivity index (χ1v) is 8.13. The molecule has 1 heterocycles. The number of nitrogens with zero attached hydrogens (tertiary/aromatic N) is 1. The Morgan fingerprint density at radius 1 is 1.53 bits per heavy atom. The number of carbonyl (C=O) groups excluding carboxylic acids is 1. The highest BCUT2D eigenvalue weighted by molar-refractivity contribution is 7.98. The molecule has 1 aromatic carbocycles. The van der Waals surface area contributed by atoms with Crippen molar-refractivity contribution in [2.75, 3.05) is 30.9 Å². The molecule has 2 unspecified atom stereocenters. The Hall–Kier alpha value is -1.16. The van der Waals surface area contributed by atoms with Crippen LogP contribution in [0.3, 0.4) is 0 Å². The standard InChI is InChI=1S/C15H22N2OS/c1-11(10-19-3)17(2)15(18)13-8-9-16-14-7-5-4-6-12(13)14/h4-7,11,13,16H,8-10H2,1-3H3. The number of fused-ring (bicyclic) bond motifs is 1. The molecular formula is C15H22N2OS. The van der Waals surface area contributed by atoms with Crippen molar-refractivity contribution in [3.8, 4) is 0 Å². The van der Waals surface area contributed by atoms with Crippen molar-refractivity contribution < 1.29 is 4.79 Å². The van der Waals surface area contributed by atoms with Gasteiger partial charge in [-0.1, -0.05) is 18.2 Å². The van der Waals surface area contributed by atoms with Crippen LogP contribution >= 0.6 is 11.8 Å². The summed E-state index contributed by atoms with van der Waals surface area (Å²) in [5.74, 6) is 1.23. The van der Waals surface area contributed by atoms with E-state index in [1.54, 1.807) is 11.8 Å². The lowest BCUT2D eigenvalue weighted by Crippen LogP contribution is -2.41. The third-order valence-corrected chi connectivity index (χ3v) is 4.62. The molecule has 1 amide bonds. The molecule has 0 radical (unpaired) electrons. The molecule has 0 spiro atoms. The predicted molar refractivity (Wildman–Crippen MR) is 82.9 cm³/mol. The van der Waals surface area contributed by atoms with E-state index in [-0.39, 0.29) is 17.9 Å². The summed E-state index contributed by atoms with van der Waals surface area (Å²) in [6, 6.07) is 8.43. The van der Waals surface area contributed by atoms with Crippen molar-refractivity contribution in [1.29, 1.82) is 0 Å². The largest absolute Gasteiger partial charge is 0.385 e. The molecule has 1 aliphatic heterocycles. The summed E-state index contributed by atoms with van der Waals surface area (Å²) < 4.78 is 0. The van der Waals surface area contributed by atoms with Crippen molar-refractivity contribution in [3.05, 3.63) is 29.8 Å². The Morgan fingerprint density at radius 3 is 3.00 bits per heavy atom. The first kappa shape index (κ1) is 14.3. The lowest BCUT2D eigenvalue weighted by molar-refractivity contribution is -0.133. The molecule has 2 atom stereocenters. The Morgan fingerprint density at radius 2 is 2.26 bits per heavy atom. The van der Waals surface area contributed by atoms with E-state index in [0.29, 0.717) is 0 Å². The fourth-order valence-electron chi connectivity index (χ4n) is 2.54. The summed E-state index contributed by atoms with van der Waals surface area (Å²) in [4.78, 5) is 14.6. The lowest BCUT2D eigenvalue weighted by Gasteiger charge is -2.32. The molecule has 0 fully saturated rings. The Labute approximate surface area is 119 Å². The molecule has 0 aliphatic carbocycles. The van der Waals surface area contributed by atoms with Crippen LogP contribution in [0, 0.1) is 0 Å². The first-order valence-electron chi connectivity index (χ1n) is 6.73. The van der Waals surface area contributed by atoms with Crippen LogP contribution in [0.1, 0.15) is 24.8 Å². The van der Waals surface area contributed by atoms with Crippen LogP contribution in [0.15, 0.2) is 24.3 Å². The SMILES string of the molecule is CSCC(C)N(C)C(=O)C1CCNc2ccccc21. The normalized spacial score (nSPS) is 19.2. The number of likely N-dealkylation sites (N-methyl/N-ethyl adjacent to an activating group) is 1. The zero-order valence-corrected chi connectivity index (χ0v) is 12.7. The van der Waals surface area contributed by atoms with Gasteiger partial charge < -0.3 is 10.2 Å². The Bertz CT molecular complexity index is 450. The number of hydrogen-bond donors (Lipinski definition) is 1. The van der Waals surface area contributed by atoms with E-state index in [4.69, 9.17) is 0 Å². The number of amides is 1. The zero-order valence-electron chi connectivity index (χ0n) is 11.8. The average molecular weight is 278 g/mol. The van der Waals surface area contributed by atoms with Crippen LogP contribution in [-0.4, -0.2) is 42.4 Å². The second-order valence-corrected chi connectivity index (χ2v) is 6.02. The van der Waals surface area contributed by atoms with Gasteiger partial charge in [-0.2, -0.15) is 11.8 Å². The van der Waals surface area contributed by atoms with Crippen LogP contribution < -0.4 is 5.32 Å². The molecule has 1 aromatic rings. The number of nitrogens with one attached hydrogen (secondary N) is 1. The van der Waals surface area contributed by atoms with E-state index in [1.807, 2.05) is 24.1 Å². The average Bonchev–Trinajstić information content (AvgIpc) is 2.45. The first-order chi connectivity index (χ1) is 9.15. The van der Waals surface area contributed by atoms with Gasteiger partial charge in [-0.25, -0.2) is 0 Å². The Balaban J connectivity index is 2.16. The number of rotatable bonds is 4. The summed E-state index contributed by atoms with van der Waals surface area (Å²) in [5, 5.41) is 3.37. The minimum Gasteiger partial charge on any atom is -0.385 e. The summed E-state index contributed by atoms with van der Waals surface area (Å²) >= 11 is 1.78. The topological polar surface area (TPSA) is 32.3 Å². The van der Waals surface area contributed by atoms with E-state index in [0.717, 1.165) is 30.0 Å². The van der Waals surface area contributed by atoms with Crippen molar-refractivity contribution in [2.24, 2.45) is 0 Å². The van der Waals surface area contributed by atoms with Gasteiger partial charge in [-0.05, 0) is 31.2 Å². The van der Waals surface area contributed by atoms with Crippen LogP contribution in [-0.2, 0) is 4.79 Å². The van der Waals surface area contributed by atoms with Crippen LogP contribution in [0.4, 0.5) is 5.69 Å². The number of carbonyl (C=O) groups is 1. The van der Waals surface area contributed by atoms with E-state index in [2.05, 4.69) is 30.6 Å². The number of para-hydroxylation sites is 1. The van der Waals surface area contributed by atoms with Gasteiger partial charge in [-0.15, -0.1) is 0 Å². The van der Waals surface area contributed by atoms with Gasteiger partial charge in [0.05, 0.1) is 5.92 Å². The third kappa shape index (κ3) is 3.06. The van der Waals surface area contributed by atoms with Gasteiger partial charge in [0.25, 0.3) is 0 Å². The molecule has 0 aromatic heterocycles. The van der Waals surface area contributed by atoms with E-state index < -0.39 is 0 Å². The Kier molecular flexibility index (Phi) is 4.75. The summed E-state index contributed by atoms with van der Waals surface area (Å²) in [6.07, 6.45) is 2.96. The minimum atomic E-state index is 0.00626. The van der Waals surface area contributed by atoms with Crippen LogP contribution in [0.25, 0.3) is 0 Å². The second-order valence-electron chi connectivity index (χ2n) is 5.11. The molecule has 0 saturated carbocycles. The number of hydrogen-bond acceptors (Lipinski definition) is 3. The second kappa shape index (κ2) is 6.33. The smallest absolute Gasteiger partial charge is 0.230 e. The van der Waals surface area contributed by atoms with E-state index in [1.165, 1.54) is 0 Å². The molecular weight excluding hydrogens is 256 g/mol. The minimum absolute atomic E-state index is 0.00626. The van der Waals surface area contributed by atoms with Gasteiger partial charge >= 0.3 is 0 Å². The maximum absolute atomic E-state index is 12.7. The fraction of sp³-hybridized carbons (Fsp3) is 0.533. The quantitative estimate of drug-likeness (QED) is 0.919. The molecule has 1 aliphatic rings. The third-order valence-electron chi connectivity index (χ3n) is 3.80. The van der Waals surface area contributed by atoms with Crippen molar-refractivity contribution in [3.63, 3.8) is 0 Å². The molecule has 3 nitrogen and oxygen atoms in total. The van der Waals surface area contributed by atoms with Crippen molar-refractivity contribution in [2.45, 2.75) is 25.3 Å². The maximum atomic E-state index is 12.7. The molecule has 0 bridgehead atoms. The number of thioether (sulfide) groups is 1. The van der Waals surface area contributed by atoms with E-state index >= 15 is 0 Å². The van der Waals surface area contributed by atoms with Gasteiger partial charge in [0.1, 0.15) is 0 Å². The molecule has 19 heavy (non-hydrogen) atoms. The zero-order chi connectivity index (χ0) is 13.8. The van der Waals surface area contributed by atoms with Gasteiger partial charge in [0.2, 0.25) is 5.91 Å². The van der Waals surface area contributed by atoms with Gasteiger partial charge in [-0.3, -0.25) is 4.79 Å². The lowest BCUT2D eigenvalue weighted by atomic mass is 9.89. The molecule has 104 valence electrons. The highest BCUT2D eigenvalue weighted by Gasteiger charge is 2.29. The van der Waals surface area contributed by atoms with E-state index in [9.17, 15) is 4.79 Å². The molecule has 2 rings (SSSR count). The van der Waals surface area contributed by atoms with Crippen LogP contribution in [0.5, 0.6) is 0 Å². The van der Waals surface area contributed by atoms with Crippen molar-refractivity contribution >= 4 is 23.4 Å². The molecule has 1 N–H and O–H groups in total. The predicted octanol–water partition coefficient (Wildman–Crippen LogP) is 2.80. The van der Waals surface area contributed by atoms with Crippen molar-refractivity contribution in [1.82, 2.24) is 4.90 Å². The van der Waals surface area contributed by atoms with Crippen LogP contribution in [0.2, 0.25) is 0 Å².